The number of carbonyl (C=O) groups excluding carboxylic acids is 1. The van der Waals surface area contributed by atoms with Crippen molar-refractivity contribution in [3.05, 3.63) is 29.1 Å². The lowest BCUT2D eigenvalue weighted by Crippen LogP contribution is -2.26. The normalized spacial score (nSPS) is 17.2. The Morgan fingerprint density at radius 2 is 2.17 bits per heavy atom. The van der Waals surface area contributed by atoms with E-state index in [4.69, 9.17) is 4.74 Å². The van der Waals surface area contributed by atoms with Crippen LogP contribution in [0.25, 0.3) is 11.3 Å². The maximum Gasteiger partial charge on any atom is 0.387 e. The molecule has 0 saturated carbocycles. The number of hydrogen-bond acceptors (Lipinski definition) is 5. The van der Waals surface area contributed by atoms with Gasteiger partial charge in [0.2, 0.25) is 0 Å². The monoisotopic (exact) mass is 354 g/mol. The molecule has 0 radical (unpaired) electrons. The van der Waals surface area contributed by atoms with Gasteiger partial charge in [0.05, 0.1) is 5.69 Å². The van der Waals surface area contributed by atoms with Crippen LogP contribution in [-0.4, -0.2) is 30.2 Å². The molecule has 5 nitrogen and oxygen atoms in total. The summed E-state index contributed by atoms with van der Waals surface area (Å²) in [5.41, 5.74) is 1.47. The van der Waals surface area contributed by atoms with Gasteiger partial charge in [-0.05, 0) is 44.0 Å². The number of nitrogens with one attached hydrogen (secondary N) is 1. The summed E-state index contributed by atoms with van der Waals surface area (Å²) in [6, 6.07) is 6.24. The van der Waals surface area contributed by atoms with E-state index in [1.54, 1.807) is 12.1 Å². The first-order chi connectivity index (χ1) is 11.5. The molecule has 24 heavy (non-hydrogen) atoms. The summed E-state index contributed by atoms with van der Waals surface area (Å²) in [5, 5.41) is 3.27. The molecule has 1 aromatic carbocycles. The zero-order valence-electron chi connectivity index (χ0n) is 12.9. The highest BCUT2D eigenvalue weighted by Gasteiger charge is 2.24. The number of rotatable bonds is 5. The van der Waals surface area contributed by atoms with Gasteiger partial charge in [0.25, 0.3) is 5.91 Å². The minimum absolute atomic E-state index is 0.0912. The van der Waals surface area contributed by atoms with Crippen LogP contribution in [0.1, 0.15) is 17.7 Å². The molecule has 0 spiro atoms. The van der Waals surface area contributed by atoms with Crippen LogP contribution in [0.2, 0.25) is 0 Å². The molecule has 8 heteroatoms. The molecule has 1 saturated heterocycles. The smallest absolute Gasteiger partial charge is 0.387 e. The van der Waals surface area contributed by atoms with Crippen LogP contribution < -0.4 is 10.1 Å². The fourth-order valence-corrected chi connectivity index (χ4v) is 3.32. The number of anilines is 1. The average Bonchev–Trinajstić information content (AvgIpc) is 3.17. The number of benzene rings is 1. The first kappa shape index (κ1) is 16.8. The molecule has 1 aromatic heterocycles. The van der Waals surface area contributed by atoms with Crippen molar-refractivity contribution >= 4 is 22.4 Å². The fourth-order valence-electron chi connectivity index (χ4n) is 2.48. The average molecular weight is 354 g/mol. The number of amides is 1. The SMILES string of the molecule is Cc1sc(NC(=O)[C@@H]2CCCO2)nc1-c1ccc(OC(F)F)cc1. The summed E-state index contributed by atoms with van der Waals surface area (Å²) < 4.78 is 34.0. The van der Waals surface area contributed by atoms with Gasteiger partial charge < -0.3 is 9.47 Å². The summed E-state index contributed by atoms with van der Waals surface area (Å²) >= 11 is 1.36. The Morgan fingerprint density at radius 1 is 1.42 bits per heavy atom. The molecule has 128 valence electrons. The highest BCUT2D eigenvalue weighted by molar-refractivity contribution is 7.16. The maximum absolute atomic E-state index is 12.2. The summed E-state index contributed by atoms with van der Waals surface area (Å²) in [5.74, 6) is -0.0953. The first-order valence-corrected chi connectivity index (χ1v) is 8.30. The van der Waals surface area contributed by atoms with Crippen LogP contribution in [0.3, 0.4) is 0 Å². The number of aromatic nitrogens is 1. The Bertz CT molecular complexity index is 713. The van der Waals surface area contributed by atoms with Gasteiger partial charge in [0, 0.05) is 17.0 Å². The van der Waals surface area contributed by atoms with Crippen molar-refractivity contribution in [1.29, 1.82) is 0 Å². The number of alkyl halides is 2. The van der Waals surface area contributed by atoms with Gasteiger partial charge in [-0.25, -0.2) is 4.98 Å². The molecule has 0 aliphatic carbocycles. The van der Waals surface area contributed by atoms with E-state index in [1.165, 1.54) is 23.5 Å². The number of carbonyl (C=O) groups is 1. The van der Waals surface area contributed by atoms with E-state index in [1.807, 2.05) is 6.92 Å². The van der Waals surface area contributed by atoms with Crippen LogP contribution >= 0.6 is 11.3 Å². The zero-order valence-corrected chi connectivity index (χ0v) is 13.7. The molecule has 0 unspecified atom stereocenters. The maximum atomic E-state index is 12.2. The second kappa shape index (κ2) is 7.23. The number of thiazole rings is 1. The largest absolute Gasteiger partial charge is 0.435 e. The number of hydrogen-bond donors (Lipinski definition) is 1. The second-order valence-electron chi connectivity index (χ2n) is 5.32. The quantitative estimate of drug-likeness (QED) is 0.886. The van der Waals surface area contributed by atoms with Crippen molar-refractivity contribution in [2.45, 2.75) is 32.5 Å². The van der Waals surface area contributed by atoms with Gasteiger partial charge in [-0.2, -0.15) is 8.78 Å². The molecule has 1 N–H and O–H groups in total. The standard InChI is InChI=1S/C16H16F2N2O3S/c1-9-13(10-4-6-11(7-5-10)23-15(17)18)19-16(24-9)20-14(21)12-3-2-8-22-12/h4-7,12,15H,2-3,8H2,1H3,(H,19,20,21)/t12-/m0/s1. The lowest BCUT2D eigenvalue weighted by Gasteiger charge is -2.07. The highest BCUT2D eigenvalue weighted by atomic mass is 32.1. The minimum Gasteiger partial charge on any atom is -0.435 e. The Hall–Kier alpha value is -2.06. The Balaban J connectivity index is 1.72. The third kappa shape index (κ3) is 3.88. The van der Waals surface area contributed by atoms with Gasteiger partial charge in [-0.1, -0.05) is 0 Å². The van der Waals surface area contributed by atoms with Crippen LogP contribution in [0, 0.1) is 6.92 Å². The van der Waals surface area contributed by atoms with Crippen LogP contribution in [0.5, 0.6) is 5.75 Å². The van der Waals surface area contributed by atoms with Crippen LogP contribution in [0.4, 0.5) is 13.9 Å². The van der Waals surface area contributed by atoms with E-state index < -0.39 is 12.7 Å². The van der Waals surface area contributed by atoms with Crippen LogP contribution in [-0.2, 0) is 9.53 Å². The molecule has 3 rings (SSSR count). The topological polar surface area (TPSA) is 60.5 Å². The highest BCUT2D eigenvalue weighted by Crippen LogP contribution is 2.32. The molecule has 1 aliphatic heterocycles. The fraction of sp³-hybridized carbons (Fsp3) is 0.375. The van der Waals surface area contributed by atoms with E-state index in [9.17, 15) is 13.6 Å². The van der Waals surface area contributed by atoms with E-state index in [2.05, 4.69) is 15.0 Å². The number of aryl methyl sites for hydroxylation is 1. The molecule has 0 bridgehead atoms. The molecule has 1 amide bonds. The summed E-state index contributed by atoms with van der Waals surface area (Å²) in [6.45, 7) is -0.359. The van der Waals surface area contributed by atoms with Gasteiger partial charge in [-0.3, -0.25) is 10.1 Å². The van der Waals surface area contributed by atoms with Gasteiger partial charge in [0.1, 0.15) is 11.9 Å². The lowest BCUT2D eigenvalue weighted by molar-refractivity contribution is -0.124. The van der Waals surface area contributed by atoms with E-state index in [0.29, 0.717) is 23.9 Å². The third-order valence-corrected chi connectivity index (χ3v) is 4.49. The predicted octanol–water partition coefficient (Wildman–Crippen LogP) is 3.84. The molecule has 1 fully saturated rings. The first-order valence-electron chi connectivity index (χ1n) is 7.48. The Morgan fingerprint density at radius 3 is 2.79 bits per heavy atom. The number of ether oxygens (including phenoxy) is 2. The number of nitrogens with zero attached hydrogens (tertiary/aromatic N) is 1. The Kier molecular flexibility index (Phi) is 5.06. The summed E-state index contributed by atoms with van der Waals surface area (Å²) in [4.78, 5) is 17.4. The molecule has 2 aromatic rings. The van der Waals surface area contributed by atoms with Crippen molar-refractivity contribution in [3.8, 4) is 17.0 Å². The van der Waals surface area contributed by atoms with Crippen molar-refractivity contribution in [3.63, 3.8) is 0 Å². The molecule has 2 heterocycles. The molecule has 1 aliphatic rings. The molecule has 1 atom stereocenters. The summed E-state index contributed by atoms with van der Waals surface area (Å²) in [7, 11) is 0. The number of halogens is 2. The van der Waals surface area contributed by atoms with E-state index >= 15 is 0 Å². The van der Waals surface area contributed by atoms with Crippen molar-refractivity contribution < 1.29 is 23.0 Å². The predicted molar refractivity (Wildman–Crippen MR) is 86.5 cm³/mol. The van der Waals surface area contributed by atoms with E-state index in [-0.39, 0.29) is 11.7 Å². The Labute approximate surface area is 141 Å². The van der Waals surface area contributed by atoms with Gasteiger partial charge in [0.15, 0.2) is 5.13 Å². The third-order valence-electron chi connectivity index (χ3n) is 3.60. The zero-order chi connectivity index (χ0) is 17.1. The lowest BCUT2D eigenvalue weighted by atomic mass is 10.1. The van der Waals surface area contributed by atoms with Gasteiger partial charge in [-0.15, -0.1) is 11.3 Å². The van der Waals surface area contributed by atoms with Gasteiger partial charge >= 0.3 is 6.61 Å². The molecular formula is C16H16F2N2O3S. The van der Waals surface area contributed by atoms with Crippen LogP contribution in [0.15, 0.2) is 24.3 Å². The van der Waals surface area contributed by atoms with E-state index in [0.717, 1.165) is 16.9 Å². The minimum atomic E-state index is -2.85. The van der Waals surface area contributed by atoms with Crippen molar-refractivity contribution in [1.82, 2.24) is 4.98 Å². The molecular weight excluding hydrogens is 338 g/mol. The summed E-state index contributed by atoms with van der Waals surface area (Å²) in [6.07, 6.45) is 1.19. The van der Waals surface area contributed by atoms with Crippen molar-refractivity contribution in [2.24, 2.45) is 0 Å². The van der Waals surface area contributed by atoms with Crippen molar-refractivity contribution in [2.75, 3.05) is 11.9 Å². The second-order valence-corrected chi connectivity index (χ2v) is 6.52.